The number of quaternary nitrogens is 1. The van der Waals surface area contributed by atoms with Crippen molar-refractivity contribution in [3.63, 3.8) is 0 Å². The number of carbonyl (C=O) groups is 1. The minimum absolute atomic E-state index is 0.101. The van der Waals surface area contributed by atoms with Crippen LogP contribution in [0.3, 0.4) is 0 Å². The highest BCUT2D eigenvalue weighted by atomic mass is 32.2. The molecule has 3 rings (SSSR count). The normalized spacial score (nSPS) is 21.8. The van der Waals surface area contributed by atoms with E-state index in [1.165, 1.54) is 23.3 Å². The average Bonchev–Trinajstić information content (AvgIpc) is 3.25. The van der Waals surface area contributed by atoms with Crippen LogP contribution < -0.4 is 10.2 Å². The molecule has 1 aliphatic carbocycles. The van der Waals surface area contributed by atoms with Gasteiger partial charge in [0.25, 0.3) is 5.91 Å². The Morgan fingerprint density at radius 2 is 1.72 bits per heavy atom. The molecule has 7 heteroatoms. The summed E-state index contributed by atoms with van der Waals surface area (Å²) in [6.07, 6.45) is 5.58. The predicted octanol–water partition coefficient (Wildman–Crippen LogP) is 1.54. The van der Waals surface area contributed by atoms with Gasteiger partial charge in [-0.3, -0.25) is 4.79 Å². The van der Waals surface area contributed by atoms with Crippen LogP contribution in [-0.4, -0.2) is 56.9 Å². The van der Waals surface area contributed by atoms with Crippen molar-refractivity contribution in [2.45, 2.75) is 75.8 Å². The van der Waals surface area contributed by atoms with Gasteiger partial charge >= 0.3 is 0 Å². The van der Waals surface area contributed by atoms with E-state index in [0.717, 1.165) is 19.3 Å². The summed E-state index contributed by atoms with van der Waals surface area (Å²) in [7, 11) is -3.48. The van der Waals surface area contributed by atoms with Crippen molar-refractivity contribution in [3.8, 4) is 0 Å². The summed E-state index contributed by atoms with van der Waals surface area (Å²) in [6, 6.07) is 7.50. The summed E-state index contributed by atoms with van der Waals surface area (Å²) in [6.45, 7) is 8.45. The zero-order valence-electron chi connectivity index (χ0n) is 18.0. The number of hydrogen-bond acceptors (Lipinski definition) is 3. The maximum absolute atomic E-state index is 13.0. The van der Waals surface area contributed by atoms with Crippen molar-refractivity contribution in [1.82, 2.24) is 9.62 Å². The van der Waals surface area contributed by atoms with Crippen LogP contribution in [0, 0.1) is 0 Å². The minimum Gasteiger partial charge on any atom is -0.348 e. The Kier molecular flexibility index (Phi) is 7.35. The van der Waals surface area contributed by atoms with Crippen molar-refractivity contribution in [2.75, 3.05) is 26.2 Å². The quantitative estimate of drug-likeness (QED) is 0.700. The van der Waals surface area contributed by atoms with E-state index >= 15 is 0 Å². The maximum Gasteiger partial charge on any atom is 0.278 e. The van der Waals surface area contributed by atoms with E-state index in [0.29, 0.717) is 43.0 Å². The second-order valence-corrected chi connectivity index (χ2v) is 10.6. The van der Waals surface area contributed by atoms with E-state index < -0.39 is 10.0 Å². The number of amides is 1. The minimum atomic E-state index is -3.48. The summed E-state index contributed by atoms with van der Waals surface area (Å²) >= 11 is 0. The molecule has 0 bridgehead atoms. The molecule has 1 heterocycles. The third-order valence-corrected chi connectivity index (χ3v) is 8.68. The predicted molar refractivity (Wildman–Crippen MR) is 114 cm³/mol. The number of benzene rings is 1. The molecule has 0 radical (unpaired) electrons. The zero-order valence-corrected chi connectivity index (χ0v) is 18.8. The van der Waals surface area contributed by atoms with Crippen LogP contribution in [0.5, 0.6) is 0 Å². The Bertz CT molecular complexity index is 780. The van der Waals surface area contributed by atoms with Crippen molar-refractivity contribution < 1.29 is 18.1 Å². The summed E-state index contributed by atoms with van der Waals surface area (Å²) in [5.74, 6) is 0.527. The first-order valence-corrected chi connectivity index (χ1v) is 12.5. The molecule has 2 aliphatic rings. The van der Waals surface area contributed by atoms with Gasteiger partial charge in [0.15, 0.2) is 6.04 Å². The van der Waals surface area contributed by atoms with Gasteiger partial charge in [-0.2, -0.15) is 4.31 Å². The number of sulfonamides is 1. The van der Waals surface area contributed by atoms with Gasteiger partial charge in [0.05, 0.1) is 31.1 Å². The molecule has 2 N–H and O–H groups in total. The molecule has 2 fully saturated rings. The average molecular weight is 423 g/mol. The summed E-state index contributed by atoms with van der Waals surface area (Å²) < 4.78 is 27.6. The summed E-state index contributed by atoms with van der Waals surface area (Å²) in [5.41, 5.74) is 1.17. The van der Waals surface area contributed by atoms with E-state index in [2.05, 4.69) is 19.2 Å². The maximum atomic E-state index is 13.0. The van der Waals surface area contributed by atoms with Crippen LogP contribution in [0.1, 0.15) is 64.4 Å². The molecule has 0 aromatic heterocycles. The van der Waals surface area contributed by atoms with E-state index in [4.69, 9.17) is 0 Å². The van der Waals surface area contributed by atoms with Gasteiger partial charge in [-0.15, -0.1) is 0 Å². The molecule has 162 valence electrons. The molecule has 0 unspecified atom stereocenters. The fraction of sp³-hybridized carbons (Fsp3) is 0.682. The van der Waals surface area contributed by atoms with Crippen LogP contribution in [0.2, 0.25) is 0 Å². The van der Waals surface area contributed by atoms with Crippen LogP contribution in [0.25, 0.3) is 0 Å². The highest BCUT2D eigenvalue weighted by Gasteiger charge is 2.35. The van der Waals surface area contributed by atoms with E-state index in [1.54, 1.807) is 16.4 Å². The molecule has 1 saturated carbocycles. The van der Waals surface area contributed by atoms with Crippen molar-refractivity contribution >= 4 is 15.9 Å². The Morgan fingerprint density at radius 1 is 1.14 bits per heavy atom. The second kappa shape index (κ2) is 9.58. The Labute approximate surface area is 175 Å². The van der Waals surface area contributed by atoms with Crippen molar-refractivity contribution in [3.05, 3.63) is 29.8 Å². The lowest BCUT2D eigenvalue weighted by atomic mass is 9.99. The SMILES string of the molecule is CC[C@@H](C)c1ccc(S(=O)(=O)N2CC[NH+]([C@@H](C)C(=O)NC3CCCC3)CC2)cc1. The third-order valence-electron chi connectivity index (χ3n) is 6.77. The number of rotatable bonds is 7. The Morgan fingerprint density at radius 3 is 2.28 bits per heavy atom. The summed E-state index contributed by atoms with van der Waals surface area (Å²) in [5, 5.41) is 3.17. The largest absolute Gasteiger partial charge is 0.348 e. The summed E-state index contributed by atoms with van der Waals surface area (Å²) in [4.78, 5) is 14.1. The first-order chi connectivity index (χ1) is 13.8. The fourth-order valence-electron chi connectivity index (χ4n) is 4.38. The lowest BCUT2D eigenvalue weighted by Gasteiger charge is -2.34. The van der Waals surface area contributed by atoms with Gasteiger partial charge in [-0.05, 0) is 49.8 Å². The lowest BCUT2D eigenvalue weighted by molar-refractivity contribution is -0.917. The van der Waals surface area contributed by atoms with E-state index in [-0.39, 0.29) is 11.9 Å². The first-order valence-electron chi connectivity index (χ1n) is 11.1. The molecule has 2 atom stereocenters. The lowest BCUT2D eigenvalue weighted by Crippen LogP contribution is -3.19. The Balaban J connectivity index is 1.56. The topological polar surface area (TPSA) is 70.9 Å². The smallest absolute Gasteiger partial charge is 0.278 e. The van der Waals surface area contributed by atoms with Gasteiger partial charge in [-0.25, -0.2) is 8.42 Å². The van der Waals surface area contributed by atoms with Crippen LogP contribution in [-0.2, 0) is 14.8 Å². The molecular formula is C22H36N3O3S+. The molecule has 0 spiro atoms. The molecular weight excluding hydrogens is 386 g/mol. The van der Waals surface area contributed by atoms with Gasteiger partial charge in [0.2, 0.25) is 10.0 Å². The van der Waals surface area contributed by atoms with E-state index in [1.807, 2.05) is 19.1 Å². The number of nitrogens with one attached hydrogen (secondary N) is 2. The van der Waals surface area contributed by atoms with Gasteiger partial charge < -0.3 is 10.2 Å². The second-order valence-electron chi connectivity index (χ2n) is 8.65. The standard InChI is InChI=1S/C22H35N3O3S/c1-4-17(2)19-9-11-21(12-10-19)29(27,28)25-15-13-24(14-16-25)18(3)22(26)23-20-7-5-6-8-20/h9-12,17-18,20H,4-8,13-16H2,1-3H3,(H,23,26)/p+1/t17-,18+/m1/s1. The number of hydrogen-bond donors (Lipinski definition) is 2. The Hall–Kier alpha value is -1.44. The third kappa shape index (κ3) is 5.19. The highest BCUT2D eigenvalue weighted by molar-refractivity contribution is 7.89. The van der Waals surface area contributed by atoms with Crippen LogP contribution >= 0.6 is 0 Å². The van der Waals surface area contributed by atoms with Crippen molar-refractivity contribution in [1.29, 1.82) is 0 Å². The highest BCUT2D eigenvalue weighted by Crippen LogP contribution is 2.22. The molecule has 1 aliphatic heterocycles. The van der Waals surface area contributed by atoms with Gasteiger partial charge in [0.1, 0.15) is 0 Å². The first kappa shape index (κ1) is 22.2. The fourth-order valence-corrected chi connectivity index (χ4v) is 5.82. The molecule has 1 aromatic rings. The zero-order chi connectivity index (χ0) is 21.0. The van der Waals surface area contributed by atoms with E-state index in [9.17, 15) is 13.2 Å². The molecule has 29 heavy (non-hydrogen) atoms. The number of piperazine rings is 1. The molecule has 1 saturated heterocycles. The van der Waals surface area contributed by atoms with Crippen LogP contribution in [0.15, 0.2) is 29.2 Å². The number of carbonyl (C=O) groups excluding carboxylic acids is 1. The van der Waals surface area contributed by atoms with Crippen molar-refractivity contribution in [2.24, 2.45) is 0 Å². The number of nitrogens with zero attached hydrogens (tertiary/aromatic N) is 1. The molecule has 6 nitrogen and oxygen atoms in total. The van der Waals surface area contributed by atoms with Gasteiger partial charge in [-0.1, -0.05) is 38.8 Å². The van der Waals surface area contributed by atoms with Crippen LogP contribution in [0.4, 0.5) is 0 Å². The monoisotopic (exact) mass is 422 g/mol. The van der Waals surface area contributed by atoms with Gasteiger partial charge in [0, 0.05) is 6.04 Å². The molecule has 1 amide bonds. The molecule has 1 aromatic carbocycles.